The van der Waals surface area contributed by atoms with Crippen LogP contribution in [0.3, 0.4) is 0 Å². The number of nitrogens with one attached hydrogen (secondary N) is 2. The molecule has 6 nitrogen and oxygen atoms in total. The van der Waals surface area contributed by atoms with E-state index in [9.17, 15) is 9.59 Å². The molecule has 0 fully saturated rings. The Morgan fingerprint density at radius 1 is 1.24 bits per heavy atom. The number of thioether (sulfide) groups is 1. The molecule has 21 heavy (non-hydrogen) atoms. The molecule has 0 aliphatic rings. The van der Waals surface area contributed by atoms with Crippen molar-refractivity contribution in [1.82, 2.24) is 15.5 Å². The molecule has 1 aromatic heterocycles. The first-order valence-corrected chi connectivity index (χ1v) is 7.87. The van der Waals surface area contributed by atoms with Crippen molar-refractivity contribution in [2.24, 2.45) is 0 Å². The van der Waals surface area contributed by atoms with E-state index in [1.807, 2.05) is 30.3 Å². The summed E-state index contributed by atoms with van der Waals surface area (Å²) in [5, 5.41) is 13.2. The van der Waals surface area contributed by atoms with Crippen molar-refractivity contribution in [3.63, 3.8) is 0 Å². The van der Waals surface area contributed by atoms with Gasteiger partial charge >= 0.3 is 6.03 Å². The molecule has 0 spiro atoms. The van der Waals surface area contributed by atoms with E-state index < -0.39 is 0 Å². The van der Waals surface area contributed by atoms with Gasteiger partial charge in [-0.2, -0.15) is 0 Å². The smallest absolute Gasteiger partial charge is 0.321 e. The number of benzene rings is 1. The van der Waals surface area contributed by atoms with E-state index >= 15 is 0 Å². The van der Waals surface area contributed by atoms with E-state index in [2.05, 4.69) is 20.8 Å². The van der Waals surface area contributed by atoms with Crippen LogP contribution in [-0.4, -0.2) is 27.9 Å². The fourth-order valence-electron chi connectivity index (χ4n) is 1.53. The molecule has 0 aliphatic heterocycles. The number of hydrogen-bond acceptors (Lipinski definition) is 6. The number of anilines is 1. The molecule has 1 heterocycles. The number of rotatable bonds is 5. The van der Waals surface area contributed by atoms with Gasteiger partial charge in [0.15, 0.2) is 9.45 Å². The number of aromatic nitrogens is 2. The highest BCUT2D eigenvalue weighted by Gasteiger charge is 2.09. The van der Waals surface area contributed by atoms with Crippen LogP contribution in [0.4, 0.5) is 9.93 Å². The van der Waals surface area contributed by atoms with Crippen LogP contribution in [0.25, 0.3) is 0 Å². The number of nitrogens with zero attached hydrogens (tertiary/aromatic N) is 2. The first-order valence-electron chi connectivity index (χ1n) is 6.24. The Bertz CT molecular complexity index is 616. The largest absolute Gasteiger partial charge is 0.337 e. The van der Waals surface area contributed by atoms with E-state index in [1.165, 1.54) is 18.3 Å². The zero-order valence-corrected chi connectivity index (χ0v) is 13.0. The predicted molar refractivity (Wildman–Crippen MR) is 83.6 cm³/mol. The second-order valence-electron chi connectivity index (χ2n) is 4.08. The third-order valence-electron chi connectivity index (χ3n) is 2.40. The number of amides is 2. The first kappa shape index (κ1) is 15.5. The van der Waals surface area contributed by atoms with Crippen LogP contribution in [0.5, 0.6) is 0 Å². The predicted octanol–water partition coefficient (Wildman–Crippen LogP) is 2.54. The maximum absolute atomic E-state index is 11.7. The number of urea groups is 1. The lowest BCUT2D eigenvalue weighted by atomic mass is 10.1. The van der Waals surface area contributed by atoms with Gasteiger partial charge in [-0.05, 0) is 23.7 Å². The van der Waals surface area contributed by atoms with Crippen molar-refractivity contribution in [2.45, 2.75) is 17.7 Å². The standard InChI is InChI=1S/C13H14N4O2S2/c1-9(18)20-13-17-16-12(21-13)15-11(19)14-8-7-10-5-3-2-4-6-10/h2-6H,7-8H2,1H3,(H2,14,15,16,19). The maximum Gasteiger partial charge on any atom is 0.321 e. The van der Waals surface area contributed by atoms with Gasteiger partial charge in [0.1, 0.15) is 0 Å². The summed E-state index contributed by atoms with van der Waals surface area (Å²) >= 11 is 2.16. The summed E-state index contributed by atoms with van der Waals surface area (Å²) in [4.78, 5) is 22.6. The second kappa shape index (κ2) is 7.75. The molecule has 2 amide bonds. The molecule has 0 aliphatic carbocycles. The summed E-state index contributed by atoms with van der Waals surface area (Å²) < 4.78 is 0.516. The van der Waals surface area contributed by atoms with E-state index in [1.54, 1.807) is 0 Å². The average molecular weight is 322 g/mol. The molecule has 0 saturated carbocycles. The van der Waals surface area contributed by atoms with Gasteiger partial charge in [-0.15, -0.1) is 10.2 Å². The Hall–Kier alpha value is -1.93. The van der Waals surface area contributed by atoms with Gasteiger partial charge in [0.05, 0.1) is 0 Å². The molecule has 0 saturated heterocycles. The molecule has 0 unspecified atom stereocenters. The fourth-order valence-corrected chi connectivity index (χ4v) is 3.09. The average Bonchev–Trinajstić information content (AvgIpc) is 2.86. The quantitative estimate of drug-likeness (QED) is 0.653. The topological polar surface area (TPSA) is 84.0 Å². The molecule has 8 heteroatoms. The number of carbonyl (C=O) groups is 2. The Morgan fingerprint density at radius 3 is 2.71 bits per heavy atom. The second-order valence-corrected chi connectivity index (χ2v) is 6.48. The third-order valence-corrected chi connectivity index (χ3v) is 4.08. The Kier molecular flexibility index (Phi) is 5.70. The third kappa shape index (κ3) is 5.52. The molecular formula is C13H14N4O2S2. The minimum absolute atomic E-state index is 0.0648. The van der Waals surface area contributed by atoms with Gasteiger partial charge in [0, 0.05) is 13.5 Å². The van der Waals surface area contributed by atoms with Gasteiger partial charge in [-0.3, -0.25) is 10.1 Å². The van der Waals surface area contributed by atoms with E-state index in [0.29, 0.717) is 16.0 Å². The molecule has 2 N–H and O–H groups in total. The summed E-state index contributed by atoms with van der Waals surface area (Å²) in [5.74, 6) is 0. The summed E-state index contributed by atoms with van der Waals surface area (Å²) in [6, 6.07) is 9.57. The Balaban J connectivity index is 1.74. The van der Waals surface area contributed by atoms with Crippen LogP contribution >= 0.6 is 23.1 Å². The lowest BCUT2D eigenvalue weighted by molar-refractivity contribution is -0.109. The van der Waals surface area contributed by atoms with Crippen LogP contribution in [0, 0.1) is 0 Å². The van der Waals surface area contributed by atoms with Crippen LogP contribution in [0.1, 0.15) is 12.5 Å². The van der Waals surface area contributed by atoms with Crippen molar-refractivity contribution in [3.8, 4) is 0 Å². The van der Waals surface area contributed by atoms with Gasteiger partial charge in [-0.25, -0.2) is 4.79 Å². The molecule has 2 aromatic rings. The summed E-state index contributed by atoms with van der Waals surface area (Å²) in [5.41, 5.74) is 1.16. The van der Waals surface area contributed by atoms with Crippen molar-refractivity contribution in [1.29, 1.82) is 0 Å². The molecule has 0 radical (unpaired) electrons. The fraction of sp³-hybridized carbons (Fsp3) is 0.231. The van der Waals surface area contributed by atoms with Crippen LogP contribution in [0.2, 0.25) is 0 Å². The highest BCUT2D eigenvalue weighted by Crippen LogP contribution is 2.25. The summed E-state index contributed by atoms with van der Waals surface area (Å²) in [7, 11) is 0. The Labute approximate surface area is 130 Å². The van der Waals surface area contributed by atoms with E-state index in [4.69, 9.17) is 0 Å². The molecule has 1 aromatic carbocycles. The minimum atomic E-state index is -0.332. The summed E-state index contributed by atoms with van der Waals surface area (Å²) in [6.45, 7) is 1.99. The number of hydrogen-bond donors (Lipinski definition) is 2. The first-order chi connectivity index (χ1) is 10.1. The minimum Gasteiger partial charge on any atom is -0.337 e. The molecular weight excluding hydrogens is 308 g/mol. The highest BCUT2D eigenvalue weighted by atomic mass is 32.2. The van der Waals surface area contributed by atoms with E-state index in [-0.39, 0.29) is 11.1 Å². The molecule has 2 rings (SSSR count). The summed E-state index contributed by atoms with van der Waals surface area (Å²) in [6.07, 6.45) is 0.760. The van der Waals surface area contributed by atoms with Crippen LogP contribution in [0.15, 0.2) is 34.7 Å². The van der Waals surface area contributed by atoms with Gasteiger partial charge < -0.3 is 5.32 Å². The molecule has 0 atom stereocenters. The lowest BCUT2D eigenvalue weighted by Crippen LogP contribution is -2.30. The maximum atomic E-state index is 11.7. The van der Waals surface area contributed by atoms with Gasteiger partial charge in [-0.1, -0.05) is 41.7 Å². The van der Waals surface area contributed by atoms with Crippen molar-refractivity contribution in [2.75, 3.05) is 11.9 Å². The van der Waals surface area contributed by atoms with E-state index in [0.717, 1.165) is 23.7 Å². The van der Waals surface area contributed by atoms with Crippen LogP contribution in [-0.2, 0) is 11.2 Å². The zero-order chi connectivity index (χ0) is 15.1. The van der Waals surface area contributed by atoms with Crippen molar-refractivity contribution < 1.29 is 9.59 Å². The molecule has 110 valence electrons. The molecule has 0 bridgehead atoms. The van der Waals surface area contributed by atoms with Gasteiger partial charge in [0.25, 0.3) is 0 Å². The zero-order valence-electron chi connectivity index (χ0n) is 11.3. The number of carbonyl (C=O) groups excluding carboxylic acids is 2. The van der Waals surface area contributed by atoms with Crippen molar-refractivity contribution in [3.05, 3.63) is 35.9 Å². The Morgan fingerprint density at radius 2 is 2.00 bits per heavy atom. The highest BCUT2D eigenvalue weighted by molar-refractivity contribution is 8.14. The van der Waals surface area contributed by atoms with Crippen LogP contribution < -0.4 is 10.6 Å². The lowest BCUT2D eigenvalue weighted by Gasteiger charge is -2.04. The van der Waals surface area contributed by atoms with Gasteiger partial charge in [0.2, 0.25) is 5.13 Å². The SMILES string of the molecule is CC(=O)Sc1nnc(NC(=O)NCCc2ccccc2)s1. The monoisotopic (exact) mass is 322 g/mol. The van der Waals surface area contributed by atoms with Crippen molar-refractivity contribution >= 4 is 39.4 Å². The normalized spacial score (nSPS) is 10.1.